The quantitative estimate of drug-likeness (QED) is 0.533. The fourth-order valence-electron chi connectivity index (χ4n) is 4.72. The Morgan fingerprint density at radius 2 is 1.54 bits per heavy atom. The molecule has 1 aliphatic heterocycles. The Labute approximate surface area is 198 Å². The van der Waals surface area contributed by atoms with Crippen LogP contribution in [0.4, 0.5) is 37.7 Å². The number of alkyl halides is 6. The van der Waals surface area contributed by atoms with Gasteiger partial charge in [-0.3, -0.25) is 4.79 Å². The van der Waals surface area contributed by atoms with Crippen LogP contribution in [0.5, 0.6) is 0 Å². The van der Waals surface area contributed by atoms with Gasteiger partial charge in [0.25, 0.3) is 5.91 Å². The standard InChI is InChI=1S/C24H26F6N4O/c1-34-10-2-3-14-11-15(4-9-19(14)34)22(35)32-17-7-5-16(6-8-17)31-18-12-20(23(25,26)27)33-21(13-18)24(28,29)30/h4,9,11-13,16-17H,2-3,5-8,10H2,1H3,(H,31,33)(H,32,35). The first kappa shape index (κ1) is 25.1. The van der Waals surface area contributed by atoms with Gasteiger partial charge in [-0.1, -0.05) is 0 Å². The molecule has 1 aromatic heterocycles. The van der Waals surface area contributed by atoms with Gasteiger partial charge in [0.1, 0.15) is 11.4 Å². The summed E-state index contributed by atoms with van der Waals surface area (Å²) in [5.41, 5.74) is -0.619. The molecule has 1 aromatic carbocycles. The van der Waals surface area contributed by atoms with Crippen LogP contribution in [0, 0.1) is 0 Å². The van der Waals surface area contributed by atoms with E-state index in [2.05, 4.69) is 20.5 Å². The molecular weight excluding hydrogens is 474 g/mol. The molecule has 0 radical (unpaired) electrons. The molecule has 4 rings (SSSR count). The maximum absolute atomic E-state index is 13.0. The summed E-state index contributed by atoms with van der Waals surface area (Å²) in [6, 6.07) is 6.41. The van der Waals surface area contributed by atoms with Crippen LogP contribution in [-0.2, 0) is 18.8 Å². The number of nitrogens with one attached hydrogen (secondary N) is 2. The molecule has 0 bridgehead atoms. The third-order valence-corrected chi connectivity index (χ3v) is 6.53. The lowest BCUT2D eigenvalue weighted by molar-refractivity contribution is -0.150. The maximum atomic E-state index is 13.0. The molecule has 2 N–H and O–H groups in total. The van der Waals surface area contributed by atoms with E-state index >= 15 is 0 Å². The van der Waals surface area contributed by atoms with Crippen molar-refractivity contribution in [2.45, 2.75) is 63.0 Å². The van der Waals surface area contributed by atoms with Crippen molar-refractivity contribution in [3.63, 3.8) is 0 Å². The number of pyridine rings is 1. The third-order valence-electron chi connectivity index (χ3n) is 6.53. The zero-order chi connectivity index (χ0) is 25.4. The number of benzene rings is 1. The van der Waals surface area contributed by atoms with E-state index in [-0.39, 0.29) is 23.7 Å². The van der Waals surface area contributed by atoms with Gasteiger partial charge in [0.05, 0.1) is 0 Å². The van der Waals surface area contributed by atoms with Crippen molar-refractivity contribution in [2.24, 2.45) is 0 Å². The lowest BCUT2D eigenvalue weighted by atomic mass is 9.90. The summed E-state index contributed by atoms with van der Waals surface area (Å²) in [5.74, 6) is -0.184. The maximum Gasteiger partial charge on any atom is 0.433 e. The largest absolute Gasteiger partial charge is 0.433 e. The van der Waals surface area contributed by atoms with Crippen molar-refractivity contribution >= 4 is 17.3 Å². The number of fused-ring (bicyclic) bond motifs is 1. The van der Waals surface area contributed by atoms with E-state index in [0.717, 1.165) is 30.6 Å². The van der Waals surface area contributed by atoms with E-state index in [9.17, 15) is 31.1 Å². The van der Waals surface area contributed by atoms with Gasteiger partial charge in [0.2, 0.25) is 0 Å². The zero-order valence-corrected chi connectivity index (χ0v) is 19.1. The smallest absolute Gasteiger partial charge is 0.382 e. The highest BCUT2D eigenvalue weighted by Gasteiger charge is 2.39. The molecule has 1 saturated carbocycles. The lowest BCUT2D eigenvalue weighted by Crippen LogP contribution is -2.40. The van der Waals surface area contributed by atoms with E-state index in [1.807, 2.05) is 19.2 Å². The van der Waals surface area contributed by atoms with Crippen LogP contribution in [0.15, 0.2) is 30.3 Å². The van der Waals surface area contributed by atoms with Crippen molar-refractivity contribution in [1.82, 2.24) is 10.3 Å². The molecule has 35 heavy (non-hydrogen) atoms. The van der Waals surface area contributed by atoms with Gasteiger partial charge in [0, 0.05) is 42.6 Å². The van der Waals surface area contributed by atoms with Crippen LogP contribution in [0.3, 0.4) is 0 Å². The number of nitrogens with zero attached hydrogens (tertiary/aromatic N) is 2. The number of halogens is 6. The Kier molecular flexibility index (Phi) is 6.88. The minimum atomic E-state index is -4.99. The van der Waals surface area contributed by atoms with Crippen molar-refractivity contribution in [3.8, 4) is 0 Å². The van der Waals surface area contributed by atoms with Gasteiger partial charge in [-0.25, -0.2) is 4.98 Å². The average molecular weight is 500 g/mol. The van der Waals surface area contributed by atoms with Crippen LogP contribution in [0.25, 0.3) is 0 Å². The number of carbonyl (C=O) groups excluding carboxylic acids is 1. The second-order valence-electron chi connectivity index (χ2n) is 9.16. The third kappa shape index (κ3) is 5.99. The summed E-state index contributed by atoms with van der Waals surface area (Å²) in [4.78, 5) is 17.6. The highest BCUT2D eigenvalue weighted by atomic mass is 19.4. The van der Waals surface area contributed by atoms with Crippen molar-refractivity contribution in [3.05, 3.63) is 52.8 Å². The summed E-state index contributed by atoms with van der Waals surface area (Å²) in [6.45, 7) is 0.977. The number of carbonyl (C=O) groups is 1. The first-order valence-corrected chi connectivity index (χ1v) is 11.5. The average Bonchev–Trinajstić information content (AvgIpc) is 2.79. The second kappa shape index (κ2) is 9.58. The molecule has 0 spiro atoms. The van der Waals surface area contributed by atoms with Gasteiger partial charge >= 0.3 is 12.4 Å². The molecule has 0 saturated heterocycles. The number of anilines is 2. The Bertz CT molecular complexity index is 1040. The highest BCUT2D eigenvalue weighted by molar-refractivity contribution is 5.95. The molecule has 1 aliphatic carbocycles. The summed E-state index contributed by atoms with van der Waals surface area (Å²) in [5, 5.41) is 5.80. The van der Waals surface area contributed by atoms with E-state index in [1.165, 1.54) is 0 Å². The van der Waals surface area contributed by atoms with Crippen LogP contribution in [0.2, 0.25) is 0 Å². The zero-order valence-electron chi connectivity index (χ0n) is 19.1. The van der Waals surface area contributed by atoms with Gasteiger partial charge < -0.3 is 15.5 Å². The Balaban J connectivity index is 1.36. The predicted octanol–water partition coefficient (Wildman–Crippen LogP) is 5.65. The summed E-state index contributed by atoms with van der Waals surface area (Å²) in [6.07, 6.45) is -5.95. The number of hydrogen-bond donors (Lipinski definition) is 2. The minimum Gasteiger partial charge on any atom is -0.382 e. The molecule has 190 valence electrons. The lowest BCUT2D eigenvalue weighted by Gasteiger charge is -2.31. The fraction of sp³-hybridized carbons (Fsp3) is 0.500. The summed E-state index contributed by atoms with van der Waals surface area (Å²) in [7, 11) is 2.02. The predicted molar refractivity (Wildman–Crippen MR) is 119 cm³/mol. The Hall–Kier alpha value is -2.98. The number of amides is 1. The van der Waals surface area contributed by atoms with Gasteiger partial charge in [0.15, 0.2) is 0 Å². The molecule has 2 aromatic rings. The summed E-state index contributed by atoms with van der Waals surface area (Å²) < 4.78 is 78.2. The van der Waals surface area contributed by atoms with Gasteiger partial charge in [-0.15, -0.1) is 0 Å². The van der Waals surface area contributed by atoms with E-state index < -0.39 is 23.7 Å². The van der Waals surface area contributed by atoms with E-state index in [4.69, 9.17) is 0 Å². The highest BCUT2D eigenvalue weighted by Crippen LogP contribution is 2.36. The first-order valence-electron chi connectivity index (χ1n) is 11.5. The van der Waals surface area contributed by atoms with Crippen molar-refractivity contribution < 1.29 is 31.1 Å². The molecule has 1 fully saturated rings. The van der Waals surface area contributed by atoms with Crippen LogP contribution < -0.4 is 15.5 Å². The minimum absolute atomic E-state index is 0.117. The first-order chi connectivity index (χ1) is 16.4. The van der Waals surface area contributed by atoms with Crippen LogP contribution >= 0.6 is 0 Å². The topological polar surface area (TPSA) is 57.3 Å². The molecule has 0 unspecified atom stereocenters. The molecule has 0 atom stereocenters. The second-order valence-corrected chi connectivity index (χ2v) is 9.16. The number of rotatable bonds is 4. The molecule has 5 nitrogen and oxygen atoms in total. The van der Waals surface area contributed by atoms with Gasteiger partial charge in [-0.05, 0) is 74.4 Å². The van der Waals surface area contributed by atoms with E-state index in [1.54, 1.807) is 6.07 Å². The molecule has 11 heteroatoms. The molecular formula is C24H26F6N4O. The normalized spacial score (nSPS) is 20.8. The molecule has 2 heterocycles. The van der Waals surface area contributed by atoms with Crippen LogP contribution in [-0.4, -0.2) is 36.6 Å². The molecule has 2 aliphatic rings. The Morgan fingerprint density at radius 3 is 2.14 bits per heavy atom. The van der Waals surface area contributed by atoms with Crippen molar-refractivity contribution in [2.75, 3.05) is 23.8 Å². The monoisotopic (exact) mass is 500 g/mol. The number of aromatic nitrogens is 1. The van der Waals surface area contributed by atoms with E-state index in [0.29, 0.717) is 43.4 Å². The SMILES string of the molecule is CN1CCCc2cc(C(=O)NC3CCC(Nc4cc(C(F)(F)F)nc(C(F)(F)F)c4)CC3)ccc21. The molecule has 1 amide bonds. The summed E-state index contributed by atoms with van der Waals surface area (Å²) >= 11 is 0. The number of aryl methyl sites for hydroxylation is 1. The van der Waals surface area contributed by atoms with Crippen molar-refractivity contribution in [1.29, 1.82) is 0 Å². The number of hydrogen-bond acceptors (Lipinski definition) is 4. The van der Waals surface area contributed by atoms with Gasteiger partial charge in [-0.2, -0.15) is 26.3 Å². The fourth-order valence-corrected chi connectivity index (χ4v) is 4.72. The Morgan fingerprint density at radius 1 is 0.943 bits per heavy atom. The van der Waals surface area contributed by atoms with Crippen LogP contribution in [0.1, 0.15) is 59.4 Å².